The maximum Gasteiger partial charge on any atom is 0.248 e. The van der Waals surface area contributed by atoms with Crippen LogP contribution in [0.2, 0.25) is 0 Å². The second-order valence-electron chi connectivity index (χ2n) is 5.82. The van der Waals surface area contributed by atoms with E-state index in [0.29, 0.717) is 5.69 Å². The van der Waals surface area contributed by atoms with Gasteiger partial charge in [0.2, 0.25) is 5.91 Å². The minimum atomic E-state index is -0.217. The Bertz CT molecular complexity index is 973. The second kappa shape index (κ2) is 6.76. The summed E-state index contributed by atoms with van der Waals surface area (Å²) in [5, 5.41) is 8.11. The van der Waals surface area contributed by atoms with Gasteiger partial charge in [-0.1, -0.05) is 18.2 Å². The summed E-state index contributed by atoms with van der Waals surface area (Å²) < 4.78 is 7.06. The van der Waals surface area contributed by atoms with Crippen molar-refractivity contribution in [3.05, 3.63) is 53.9 Å². The average molecular weight is 336 g/mol. The summed E-state index contributed by atoms with van der Waals surface area (Å²) >= 11 is 0. The van der Waals surface area contributed by atoms with Crippen LogP contribution in [0, 0.1) is 6.92 Å². The van der Waals surface area contributed by atoms with Gasteiger partial charge in [0, 0.05) is 24.1 Å². The van der Waals surface area contributed by atoms with Crippen LogP contribution in [0.3, 0.4) is 0 Å². The van der Waals surface area contributed by atoms with E-state index in [0.717, 1.165) is 33.6 Å². The Morgan fingerprint density at radius 1 is 1.32 bits per heavy atom. The maximum atomic E-state index is 12.3. The van der Waals surface area contributed by atoms with Crippen molar-refractivity contribution >= 4 is 28.2 Å². The van der Waals surface area contributed by atoms with Crippen LogP contribution in [0.1, 0.15) is 18.2 Å². The van der Waals surface area contributed by atoms with Gasteiger partial charge < -0.3 is 10.1 Å². The molecule has 25 heavy (non-hydrogen) atoms. The molecule has 1 aromatic carbocycles. The number of anilines is 1. The summed E-state index contributed by atoms with van der Waals surface area (Å²) in [4.78, 5) is 16.7. The Morgan fingerprint density at radius 3 is 2.84 bits per heavy atom. The molecular formula is C19H20N4O2. The highest BCUT2D eigenvalue weighted by Crippen LogP contribution is 2.25. The number of aryl methyl sites for hydroxylation is 2. The largest absolute Gasteiger partial charge is 0.496 e. The van der Waals surface area contributed by atoms with Gasteiger partial charge in [0.25, 0.3) is 0 Å². The molecule has 0 bridgehead atoms. The Morgan fingerprint density at radius 2 is 2.08 bits per heavy atom. The minimum Gasteiger partial charge on any atom is -0.496 e. The number of ether oxygens (including phenoxy) is 1. The number of para-hydroxylation sites is 1. The number of fused-ring (bicyclic) bond motifs is 1. The molecule has 0 fully saturated rings. The van der Waals surface area contributed by atoms with Gasteiger partial charge in [0.1, 0.15) is 5.75 Å². The normalized spacial score (nSPS) is 11.6. The number of carbonyl (C=O) groups excluding carboxylic acids is 1. The molecule has 3 rings (SSSR count). The second-order valence-corrected chi connectivity index (χ2v) is 5.82. The van der Waals surface area contributed by atoms with Crippen molar-refractivity contribution in [1.29, 1.82) is 0 Å². The molecule has 0 saturated carbocycles. The fraction of sp³-hybridized carbons (Fsp3) is 0.211. The lowest BCUT2D eigenvalue weighted by Crippen LogP contribution is -2.09. The molecule has 128 valence electrons. The number of carbonyl (C=O) groups is 1. The van der Waals surface area contributed by atoms with Crippen LogP contribution in [0.15, 0.2) is 42.6 Å². The van der Waals surface area contributed by atoms with Crippen LogP contribution >= 0.6 is 0 Å². The van der Waals surface area contributed by atoms with Gasteiger partial charge in [0.05, 0.1) is 24.7 Å². The molecule has 2 aromatic heterocycles. The van der Waals surface area contributed by atoms with Gasteiger partial charge >= 0.3 is 0 Å². The highest BCUT2D eigenvalue weighted by Gasteiger charge is 2.09. The highest BCUT2D eigenvalue weighted by atomic mass is 16.5. The third-order valence-corrected chi connectivity index (χ3v) is 4.01. The summed E-state index contributed by atoms with van der Waals surface area (Å²) in [5.74, 6) is 0.518. The van der Waals surface area contributed by atoms with Crippen molar-refractivity contribution in [2.45, 2.75) is 13.8 Å². The standard InChI is InChI=1S/C19H20N4O2/c1-12(15-7-5-6-8-17(15)25-4)9-18(24)21-14-10-16-13(2)22-23(3)19(16)20-11-14/h5-11H,1-4H3,(H,21,24)/b12-9+. The molecule has 0 unspecified atom stereocenters. The van der Waals surface area contributed by atoms with Gasteiger partial charge in [-0.05, 0) is 31.6 Å². The SMILES string of the molecule is COc1ccccc1/C(C)=C/C(=O)Nc1cnc2c(c1)c(C)nn2C. The fourth-order valence-electron chi connectivity index (χ4n) is 2.80. The van der Waals surface area contributed by atoms with Crippen molar-refractivity contribution in [1.82, 2.24) is 14.8 Å². The summed E-state index contributed by atoms with van der Waals surface area (Å²) in [6.45, 7) is 3.80. The Hall–Kier alpha value is -3.15. The van der Waals surface area contributed by atoms with Crippen LogP contribution in [-0.2, 0) is 11.8 Å². The zero-order valence-corrected chi connectivity index (χ0v) is 14.7. The molecule has 0 aliphatic rings. The number of nitrogens with zero attached hydrogens (tertiary/aromatic N) is 3. The van der Waals surface area contributed by atoms with E-state index in [1.807, 2.05) is 51.2 Å². The fourth-order valence-corrected chi connectivity index (χ4v) is 2.80. The molecule has 0 aliphatic heterocycles. The minimum absolute atomic E-state index is 0.217. The number of aromatic nitrogens is 3. The lowest BCUT2D eigenvalue weighted by atomic mass is 10.1. The number of allylic oxidation sites excluding steroid dienone is 1. The van der Waals surface area contributed by atoms with E-state index in [2.05, 4.69) is 15.4 Å². The van der Waals surface area contributed by atoms with Crippen LogP contribution in [-0.4, -0.2) is 27.8 Å². The summed E-state index contributed by atoms with van der Waals surface area (Å²) in [6, 6.07) is 9.48. The first kappa shape index (κ1) is 16.7. The van der Waals surface area contributed by atoms with E-state index in [4.69, 9.17) is 4.74 Å². The molecule has 1 amide bonds. The van der Waals surface area contributed by atoms with Crippen molar-refractivity contribution in [2.75, 3.05) is 12.4 Å². The third-order valence-electron chi connectivity index (χ3n) is 4.01. The van der Waals surface area contributed by atoms with Crippen LogP contribution in [0.4, 0.5) is 5.69 Å². The van der Waals surface area contributed by atoms with E-state index >= 15 is 0 Å². The number of rotatable bonds is 4. The van der Waals surface area contributed by atoms with E-state index < -0.39 is 0 Å². The van der Waals surface area contributed by atoms with E-state index in [9.17, 15) is 4.79 Å². The third kappa shape index (κ3) is 3.38. The quantitative estimate of drug-likeness (QED) is 0.742. The molecule has 0 aliphatic carbocycles. The molecule has 0 spiro atoms. The Kier molecular flexibility index (Phi) is 4.52. The number of pyridine rings is 1. The topological polar surface area (TPSA) is 69.0 Å². The first-order valence-corrected chi connectivity index (χ1v) is 7.91. The predicted molar refractivity (Wildman–Crippen MR) is 98.5 cm³/mol. The van der Waals surface area contributed by atoms with Crippen LogP contribution in [0.25, 0.3) is 16.6 Å². The number of nitrogens with one attached hydrogen (secondary N) is 1. The molecule has 6 heteroatoms. The maximum absolute atomic E-state index is 12.3. The Balaban J connectivity index is 1.83. The van der Waals surface area contributed by atoms with Crippen LogP contribution in [0.5, 0.6) is 5.75 Å². The first-order chi connectivity index (χ1) is 12.0. The molecule has 2 heterocycles. The predicted octanol–water partition coefficient (Wildman–Crippen LogP) is 3.33. The zero-order chi connectivity index (χ0) is 18.0. The van der Waals surface area contributed by atoms with E-state index in [1.54, 1.807) is 24.1 Å². The Labute approximate surface area is 146 Å². The van der Waals surface area contributed by atoms with E-state index in [-0.39, 0.29) is 5.91 Å². The van der Waals surface area contributed by atoms with Gasteiger partial charge in [-0.15, -0.1) is 0 Å². The molecule has 0 saturated heterocycles. The summed E-state index contributed by atoms with van der Waals surface area (Å²) in [7, 11) is 3.46. The monoisotopic (exact) mass is 336 g/mol. The van der Waals surface area contributed by atoms with Gasteiger partial charge in [-0.25, -0.2) is 4.98 Å². The van der Waals surface area contributed by atoms with Crippen molar-refractivity contribution in [3.8, 4) is 5.75 Å². The van der Waals surface area contributed by atoms with Crippen molar-refractivity contribution in [3.63, 3.8) is 0 Å². The number of amides is 1. The molecule has 0 atom stereocenters. The smallest absolute Gasteiger partial charge is 0.248 e. The molecule has 1 N–H and O–H groups in total. The van der Waals surface area contributed by atoms with Crippen LogP contribution < -0.4 is 10.1 Å². The summed E-state index contributed by atoms with van der Waals surface area (Å²) in [6.07, 6.45) is 3.19. The molecule has 0 radical (unpaired) electrons. The van der Waals surface area contributed by atoms with Gasteiger partial charge in [-0.3, -0.25) is 9.48 Å². The van der Waals surface area contributed by atoms with Gasteiger partial charge in [-0.2, -0.15) is 5.10 Å². The first-order valence-electron chi connectivity index (χ1n) is 7.91. The summed E-state index contributed by atoms with van der Waals surface area (Å²) in [5.41, 5.74) is 4.01. The lowest BCUT2D eigenvalue weighted by Gasteiger charge is -2.08. The van der Waals surface area contributed by atoms with Crippen molar-refractivity contribution in [2.24, 2.45) is 7.05 Å². The van der Waals surface area contributed by atoms with E-state index in [1.165, 1.54) is 0 Å². The van der Waals surface area contributed by atoms with Gasteiger partial charge in [0.15, 0.2) is 5.65 Å². The average Bonchev–Trinajstić information content (AvgIpc) is 2.88. The molecule has 3 aromatic rings. The zero-order valence-electron chi connectivity index (χ0n) is 14.7. The number of methoxy groups -OCH3 is 1. The number of hydrogen-bond acceptors (Lipinski definition) is 4. The highest BCUT2D eigenvalue weighted by molar-refractivity contribution is 6.04. The molecule has 6 nitrogen and oxygen atoms in total. The van der Waals surface area contributed by atoms with Crippen molar-refractivity contribution < 1.29 is 9.53 Å². The molecular weight excluding hydrogens is 316 g/mol. The number of benzene rings is 1. The lowest BCUT2D eigenvalue weighted by molar-refractivity contribution is -0.111. The number of hydrogen-bond donors (Lipinski definition) is 1.